The van der Waals surface area contributed by atoms with Crippen LogP contribution in [-0.4, -0.2) is 46.9 Å². The number of amides is 1. The first-order chi connectivity index (χ1) is 13.0. The van der Waals surface area contributed by atoms with Crippen LogP contribution in [0.1, 0.15) is 23.2 Å². The summed E-state index contributed by atoms with van der Waals surface area (Å²) in [6, 6.07) is 12.3. The SMILES string of the molecule is O=C(c1ccn2cncc2c1)N1CCCC(S(=O)(=O)Nc2ccccc2)C1. The van der Waals surface area contributed by atoms with E-state index in [4.69, 9.17) is 0 Å². The van der Waals surface area contributed by atoms with Crippen molar-refractivity contribution in [1.82, 2.24) is 14.3 Å². The van der Waals surface area contributed by atoms with Crippen molar-refractivity contribution >= 4 is 27.1 Å². The van der Waals surface area contributed by atoms with Crippen molar-refractivity contribution < 1.29 is 13.2 Å². The molecule has 1 saturated heterocycles. The van der Waals surface area contributed by atoms with Crippen molar-refractivity contribution in [3.05, 3.63) is 66.7 Å². The van der Waals surface area contributed by atoms with Gasteiger partial charge in [0.25, 0.3) is 5.91 Å². The molecule has 0 aliphatic carbocycles. The second-order valence-electron chi connectivity index (χ2n) is 6.67. The Morgan fingerprint density at radius 1 is 1.19 bits per heavy atom. The summed E-state index contributed by atoms with van der Waals surface area (Å²) in [7, 11) is -3.57. The number of carbonyl (C=O) groups excluding carboxylic acids is 1. The fourth-order valence-electron chi connectivity index (χ4n) is 3.36. The molecule has 0 saturated carbocycles. The lowest BCUT2D eigenvalue weighted by molar-refractivity contribution is 0.0727. The number of imidazole rings is 1. The average molecular weight is 384 g/mol. The van der Waals surface area contributed by atoms with Gasteiger partial charge in [-0.3, -0.25) is 9.52 Å². The van der Waals surface area contributed by atoms with E-state index in [1.54, 1.807) is 60.0 Å². The second-order valence-corrected chi connectivity index (χ2v) is 8.63. The van der Waals surface area contributed by atoms with Gasteiger partial charge in [-0.15, -0.1) is 0 Å². The molecule has 4 rings (SSSR count). The van der Waals surface area contributed by atoms with Gasteiger partial charge in [0.05, 0.1) is 23.3 Å². The third-order valence-electron chi connectivity index (χ3n) is 4.80. The number of piperidine rings is 1. The number of nitrogens with zero attached hydrogens (tertiary/aromatic N) is 3. The van der Waals surface area contributed by atoms with Crippen LogP contribution in [0.5, 0.6) is 0 Å². The molecule has 1 aliphatic rings. The summed E-state index contributed by atoms with van der Waals surface area (Å²) in [6.45, 7) is 0.742. The van der Waals surface area contributed by atoms with Gasteiger partial charge in [0.15, 0.2) is 0 Å². The average Bonchev–Trinajstić information content (AvgIpc) is 3.16. The van der Waals surface area contributed by atoms with Crippen LogP contribution in [0.4, 0.5) is 5.69 Å². The molecule has 1 N–H and O–H groups in total. The molecule has 27 heavy (non-hydrogen) atoms. The lowest BCUT2D eigenvalue weighted by atomic mass is 10.1. The van der Waals surface area contributed by atoms with Crippen molar-refractivity contribution in [3.63, 3.8) is 0 Å². The molecular weight excluding hydrogens is 364 g/mol. The normalized spacial score (nSPS) is 17.8. The van der Waals surface area contributed by atoms with Crippen LogP contribution in [0.2, 0.25) is 0 Å². The summed E-state index contributed by atoms with van der Waals surface area (Å²) in [5.41, 5.74) is 1.90. The van der Waals surface area contributed by atoms with E-state index >= 15 is 0 Å². The van der Waals surface area contributed by atoms with Crippen LogP contribution in [0.25, 0.3) is 5.52 Å². The summed E-state index contributed by atoms with van der Waals surface area (Å²) < 4.78 is 29.9. The number of para-hydroxylation sites is 1. The zero-order valence-corrected chi connectivity index (χ0v) is 15.5. The Kier molecular flexibility index (Phi) is 4.57. The summed E-state index contributed by atoms with van der Waals surface area (Å²) >= 11 is 0. The molecule has 7 nitrogen and oxygen atoms in total. The number of hydrogen-bond donors (Lipinski definition) is 1. The first kappa shape index (κ1) is 17.5. The van der Waals surface area contributed by atoms with Crippen LogP contribution in [0.15, 0.2) is 61.2 Å². The van der Waals surface area contributed by atoms with E-state index < -0.39 is 15.3 Å². The van der Waals surface area contributed by atoms with Gasteiger partial charge in [-0.05, 0) is 37.1 Å². The van der Waals surface area contributed by atoms with Crippen LogP contribution >= 0.6 is 0 Å². The zero-order valence-electron chi connectivity index (χ0n) is 14.7. The number of sulfonamides is 1. The predicted molar refractivity (Wildman–Crippen MR) is 103 cm³/mol. The van der Waals surface area contributed by atoms with Gasteiger partial charge in [-0.1, -0.05) is 18.2 Å². The predicted octanol–water partition coefficient (Wildman–Crippen LogP) is 2.38. The van der Waals surface area contributed by atoms with Crippen LogP contribution in [0, 0.1) is 0 Å². The summed E-state index contributed by atoms with van der Waals surface area (Å²) in [4.78, 5) is 18.6. The third kappa shape index (κ3) is 3.66. The molecule has 1 atom stereocenters. The van der Waals surface area contributed by atoms with Gasteiger partial charge in [0, 0.05) is 30.5 Å². The van der Waals surface area contributed by atoms with Crippen molar-refractivity contribution in [3.8, 4) is 0 Å². The van der Waals surface area contributed by atoms with Gasteiger partial charge < -0.3 is 9.30 Å². The maximum atomic E-state index is 12.9. The number of hydrogen-bond acceptors (Lipinski definition) is 4. The van der Waals surface area contributed by atoms with E-state index in [1.165, 1.54) is 0 Å². The summed E-state index contributed by atoms with van der Waals surface area (Å²) in [6.07, 6.45) is 6.33. The van der Waals surface area contributed by atoms with E-state index in [0.29, 0.717) is 30.6 Å². The monoisotopic (exact) mass is 384 g/mol. The number of aromatic nitrogens is 2. The van der Waals surface area contributed by atoms with E-state index in [0.717, 1.165) is 5.52 Å². The number of likely N-dealkylation sites (tertiary alicyclic amines) is 1. The van der Waals surface area contributed by atoms with Gasteiger partial charge >= 0.3 is 0 Å². The standard InChI is InChI=1S/C19H20N4O3S/c24-19(15-8-10-23-14-20-12-17(23)11-15)22-9-4-7-18(13-22)27(25,26)21-16-5-2-1-3-6-16/h1-3,5-6,8,10-12,14,18,21H,4,7,9,13H2. The largest absolute Gasteiger partial charge is 0.337 e. The second kappa shape index (κ2) is 7.03. The van der Waals surface area contributed by atoms with Crippen molar-refractivity contribution in [2.75, 3.05) is 17.8 Å². The highest BCUT2D eigenvalue weighted by Gasteiger charge is 2.33. The lowest BCUT2D eigenvalue weighted by Crippen LogP contribution is -2.46. The van der Waals surface area contributed by atoms with E-state index in [-0.39, 0.29) is 12.5 Å². The zero-order chi connectivity index (χ0) is 18.9. The quantitative estimate of drug-likeness (QED) is 0.749. The van der Waals surface area contributed by atoms with Crippen molar-refractivity contribution in [2.24, 2.45) is 0 Å². The molecule has 1 unspecified atom stereocenters. The highest BCUT2D eigenvalue weighted by molar-refractivity contribution is 7.93. The third-order valence-corrected chi connectivity index (χ3v) is 6.58. The van der Waals surface area contributed by atoms with Crippen molar-refractivity contribution in [2.45, 2.75) is 18.1 Å². The number of nitrogens with one attached hydrogen (secondary N) is 1. The smallest absolute Gasteiger partial charge is 0.254 e. The van der Waals surface area contributed by atoms with Gasteiger partial charge in [-0.2, -0.15) is 0 Å². The maximum absolute atomic E-state index is 12.9. The van der Waals surface area contributed by atoms with E-state index in [1.807, 2.05) is 10.5 Å². The molecule has 140 valence electrons. The molecule has 0 bridgehead atoms. The molecule has 2 aromatic heterocycles. The van der Waals surface area contributed by atoms with Gasteiger partial charge in [0.1, 0.15) is 0 Å². The molecule has 1 aliphatic heterocycles. The number of anilines is 1. The maximum Gasteiger partial charge on any atom is 0.254 e. The highest BCUT2D eigenvalue weighted by Crippen LogP contribution is 2.21. The molecule has 1 fully saturated rings. The number of pyridine rings is 1. The Labute approximate surface area is 157 Å². The van der Waals surface area contributed by atoms with Crippen LogP contribution < -0.4 is 4.72 Å². The molecule has 0 spiro atoms. The van der Waals surface area contributed by atoms with Gasteiger partial charge in [0.2, 0.25) is 10.0 Å². The fourth-order valence-corrected chi connectivity index (χ4v) is 4.85. The minimum atomic E-state index is -3.57. The number of fused-ring (bicyclic) bond motifs is 1. The number of carbonyl (C=O) groups is 1. The minimum Gasteiger partial charge on any atom is -0.337 e. The summed E-state index contributed by atoms with van der Waals surface area (Å²) in [5, 5.41) is -0.630. The first-order valence-electron chi connectivity index (χ1n) is 8.80. The lowest BCUT2D eigenvalue weighted by Gasteiger charge is -2.32. The number of benzene rings is 1. The molecule has 1 amide bonds. The molecule has 1 aromatic carbocycles. The Bertz CT molecular complexity index is 1060. The van der Waals surface area contributed by atoms with Crippen LogP contribution in [-0.2, 0) is 10.0 Å². The summed E-state index contributed by atoms with van der Waals surface area (Å²) in [5.74, 6) is -0.154. The Balaban J connectivity index is 1.50. The topological polar surface area (TPSA) is 83.8 Å². The van der Waals surface area contributed by atoms with E-state index in [9.17, 15) is 13.2 Å². The Hall–Kier alpha value is -2.87. The van der Waals surface area contributed by atoms with E-state index in [2.05, 4.69) is 9.71 Å². The molecule has 8 heteroatoms. The Morgan fingerprint density at radius 3 is 2.81 bits per heavy atom. The first-order valence-corrected chi connectivity index (χ1v) is 10.4. The highest BCUT2D eigenvalue weighted by atomic mass is 32.2. The minimum absolute atomic E-state index is 0.154. The number of rotatable bonds is 4. The van der Waals surface area contributed by atoms with Gasteiger partial charge in [-0.25, -0.2) is 13.4 Å². The molecule has 3 heterocycles. The van der Waals surface area contributed by atoms with Crippen LogP contribution in [0.3, 0.4) is 0 Å². The Morgan fingerprint density at radius 2 is 2.00 bits per heavy atom. The fraction of sp³-hybridized carbons (Fsp3) is 0.263. The molecular formula is C19H20N4O3S. The molecule has 0 radical (unpaired) electrons. The van der Waals surface area contributed by atoms with Crippen molar-refractivity contribution in [1.29, 1.82) is 0 Å². The molecule has 3 aromatic rings.